The maximum atomic E-state index is 11.7. The van der Waals surface area contributed by atoms with Crippen molar-refractivity contribution in [2.24, 2.45) is 0 Å². The number of ether oxygens (including phenoxy) is 2. The number of nitrogens with zero attached hydrogens (tertiary/aromatic N) is 1. The van der Waals surface area contributed by atoms with E-state index >= 15 is 0 Å². The summed E-state index contributed by atoms with van der Waals surface area (Å²) < 4.78 is 10.6. The van der Waals surface area contributed by atoms with E-state index in [0.717, 1.165) is 23.3 Å². The van der Waals surface area contributed by atoms with Crippen molar-refractivity contribution in [3.63, 3.8) is 0 Å². The van der Waals surface area contributed by atoms with Crippen LogP contribution < -0.4 is 9.80 Å². The van der Waals surface area contributed by atoms with Crippen LogP contribution in [0.15, 0.2) is 36.4 Å². The van der Waals surface area contributed by atoms with Crippen LogP contribution in [0, 0.1) is 6.92 Å². The molecule has 3 rings (SSSR count). The molecule has 1 saturated carbocycles. The summed E-state index contributed by atoms with van der Waals surface area (Å²) in [6, 6.07) is 11.8. The largest absolute Gasteiger partial charge is 0.489 e. The first-order valence-electron chi connectivity index (χ1n) is 8.95. The van der Waals surface area contributed by atoms with Gasteiger partial charge in [-0.2, -0.15) is 5.06 Å². The summed E-state index contributed by atoms with van der Waals surface area (Å²) in [6.45, 7) is 4.40. The number of benzene rings is 2. The van der Waals surface area contributed by atoms with Crippen molar-refractivity contribution in [1.29, 1.82) is 0 Å². The molecule has 2 aromatic carbocycles. The summed E-state index contributed by atoms with van der Waals surface area (Å²) in [5, 5.41) is 10.7. The highest BCUT2D eigenvalue weighted by atomic mass is 16.6. The van der Waals surface area contributed by atoms with E-state index in [2.05, 4.69) is 23.8 Å². The highest BCUT2D eigenvalue weighted by molar-refractivity contribution is 5.86. The van der Waals surface area contributed by atoms with Crippen molar-refractivity contribution >= 4 is 11.8 Å². The van der Waals surface area contributed by atoms with Crippen LogP contribution in [0.4, 0.5) is 10.5 Å². The number of methoxy groups -OCH3 is 1. The lowest BCUT2D eigenvalue weighted by Crippen LogP contribution is -2.28. The highest BCUT2D eigenvalue weighted by Gasteiger charge is 2.26. The van der Waals surface area contributed by atoms with Gasteiger partial charge in [0.2, 0.25) is 0 Å². The van der Waals surface area contributed by atoms with Crippen molar-refractivity contribution in [2.75, 3.05) is 12.2 Å². The number of amides is 1. The molecule has 5 nitrogen and oxygen atoms in total. The third kappa shape index (κ3) is 3.99. The molecule has 0 unspecified atom stereocenters. The summed E-state index contributed by atoms with van der Waals surface area (Å²) in [5.41, 5.74) is 4.67. The fourth-order valence-electron chi connectivity index (χ4n) is 3.03. The number of hydrogen-bond acceptors (Lipinski definition) is 4. The average Bonchev–Trinajstić information content (AvgIpc) is 3.50. The number of rotatable bonds is 6. The van der Waals surface area contributed by atoms with E-state index in [1.165, 1.54) is 31.1 Å². The molecule has 0 radical (unpaired) electrons. The van der Waals surface area contributed by atoms with Gasteiger partial charge in [-0.1, -0.05) is 25.1 Å². The van der Waals surface area contributed by atoms with Crippen molar-refractivity contribution in [1.82, 2.24) is 0 Å². The van der Waals surface area contributed by atoms with Gasteiger partial charge in [0.25, 0.3) is 0 Å². The Kier molecular flexibility index (Phi) is 5.47. The summed E-state index contributed by atoms with van der Waals surface area (Å²) in [5.74, 6) is 1.37. The van der Waals surface area contributed by atoms with Crippen LogP contribution in [0.1, 0.15) is 47.9 Å². The lowest BCUT2D eigenvalue weighted by atomic mass is 10.1. The van der Waals surface area contributed by atoms with Crippen LogP contribution in [-0.4, -0.2) is 18.4 Å². The Morgan fingerprint density at radius 1 is 1.23 bits per heavy atom. The molecule has 0 saturated heterocycles. The molecule has 0 atom stereocenters. The van der Waals surface area contributed by atoms with E-state index < -0.39 is 6.09 Å². The number of hydrogen-bond donors (Lipinski definition) is 1. The van der Waals surface area contributed by atoms with Crippen LogP contribution in [0.5, 0.6) is 5.75 Å². The minimum absolute atomic E-state index is 0.260. The molecule has 138 valence electrons. The standard InChI is InChI=1S/C21H25NO4/c1-4-15-5-10-20(14(2)11-15)26-13-18-12-17(16-6-7-16)8-9-19(18)22(24)21(23)25-3/h5,8-12,16,24H,4,6-7,13H2,1-3H3. The maximum absolute atomic E-state index is 11.7. The number of hydroxylamine groups is 1. The highest BCUT2D eigenvalue weighted by Crippen LogP contribution is 2.41. The molecular formula is C21H25NO4. The number of carbonyl (C=O) groups excluding carboxylic acids is 1. The zero-order valence-electron chi connectivity index (χ0n) is 15.5. The normalized spacial score (nSPS) is 13.4. The van der Waals surface area contributed by atoms with E-state index in [0.29, 0.717) is 16.7 Å². The van der Waals surface area contributed by atoms with E-state index in [-0.39, 0.29) is 6.61 Å². The minimum Gasteiger partial charge on any atom is -0.489 e. The molecule has 1 fully saturated rings. The summed E-state index contributed by atoms with van der Waals surface area (Å²) in [4.78, 5) is 11.7. The van der Waals surface area contributed by atoms with Gasteiger partial charge in [-0.05, 0) is 67.0 Å². The SMILES string of the molecule is CCc1ccc(OCc2cc(C3CC3)ccc2N(O)C(=O)OC)c(C)c1. The first-order chi connectivity index (χ1) is 12.5. The second kappa shape index (κ2) is 7.79. The van der Waals surface area contributed by atoms with Gasteiger partial charge >= 0.3 is 6.09 Å². The Labute approximate surface area is 154 Å². The molecule has 5 heteroatoms. The van der Waals surface area contributed by atoms with Gasteiger partial charge in [0.15, 0.2) is 0 Å². The predicted octanol–water partition coefficient (Wildman–Crippen LogP) is 4.98. The summed E-state index contributed by atoms with van der Waals surface area (Å²) >= 11 is 0. The average molecular weight is 355 g/mol. The predicted molar refractivity (Wildman–Crippen MR) is 100.0 cm³/mol. The van der Waals surface area contributed by atoms with Gasteiger partial charge in [0.1, 0.15) is 12.4 Å². The van der Waals surface area contributed by atoms with E-state index in [9.17, 15) is 10.0 Å². The fraction of sp³-hybridized carbons (Fsp3) is 0.381. The second-order valence-corrected chi connectivity index (χ2v) is 6.69. The molecule has 1 aliphatic rings. The zero-order valence-corrected chi connectivity index (χ0v) is 15.5. The molecule has 26 heavy (non-hydrogen) atoms. The Morgan fingerprint density at radius 3 is 2.62 bits per heavy atom. The third-order valence-electron chi connectivity index (χ3n) is 4.76. The molecule has 0 heterocycles. The molecule has 0 aromatic heterocycles. The molecular weight excluding hydrogens is 330 g/mol. The Morgan fingerprint density at radius 2 is 2.00 bits per heavy atom. The fourth-order valence-corrected chi connectivity index (χ4v) is 3.03. The lowest BCUT2D eigenvalue weighted by molar-refractivity contribution is 0.140. The maximum Gasteiger partial charge on any atom is 0.438 e. The molecule has 0 spiro atoms. The topological polar surface area (TPSA) is 59.0 Å². The lowest BCUT2D eigenvalue weighted by Gasteiger charge is -2.19. The van der Waals surface area contributed by atoms with Gasteiger partial charge in [-0.25, -0.2) is 4.79 Å². The summed E-state index contributed by atoms with van der Waals surface area (Å²) in [6.07, 6.45) is 2.51. The van der Waals surface area contributed by atoms with Gasteiger partial charge in [-0.3, -0.25) is 5.21 Å². The molecule has 0 bridgehead atoms. The second-order valence-electron chi connectivity index (χ2n) is 6.69. The molecule has 1 N–H and O–H groups in total. The molecule has 2 aromatic rings. The van der Waals surface area contributed by atoms with E-state index in [1.54, 1.807) is 6.07 Å². The Balaban J connectivity index is 1.84. The minimum atomic E-state index is -0.825. The first kappa shape index (κ1) is 18.3. The quantitative estimate of drug-likeness (QED) is 0.587. The molecule has 1 aliphatic carbocycles. The van der Waals surface area contributed by atoms with E-state index in [4.69, 9.17) is 4.74 Å². The molecule has 0 aliphatic heterocycles. The Hall–Kier alpha value is -2.53. The van der Waals surface area contributed by atoms with Gasteiger partial charge in [-0.15, -0.1) is 0 Å². The van der Waals surface area contributed by atoms with Gasteiger partial charge < -0.3 is 9.47 Å². The van der Waals surface area contributed by atoms with E-state index in [1.807, 2.05) is 25.1 Å². The van der Waals surface area contributed by atoms with Gasteiger partial charge in [0, 0.05) is 5.56 Å². The van der Waals surface area contributed by atoms with Gasteiger partial charge in [0.05, 0.1) is 12.8 Å². The first-order valence-corrected chi connectivity index (χ1v) is 8.95. The zero-order chi connectivity index (χ0) is 18.7. The monoisotopic (exact) mass is 355 g/mol. The number of carbonyl (C=O) groups is 1. The van der Waals surface area contributed by atoms with Crippen LogP contribution in [0.3, 0.4) is 0 Å². The van der Waals surface area contributed by atoms with Crippen LogP contribution >= 0.6 is 0 Å². The number of anilines is 1. The van der Waals surface area contributed by atoms with Crippen molar-refractivity contribution in [2.45, 2.75) is 45.6 Å². The van der Waals surface area contributed by atoms with Crippen LogP contribution in [0.25, 0.3) is 0 Å². The molecule has 1 amide bonds. The van der Waals surface area contributed by atoms with Crippen LogP contribution in [-0.2, 0) is 17.8 Å². The van der Waals surface area contributed by atoms with Crippen molar-refractivity contribution in [3.8, 4) is 5.75 Å². The Bertz CT molecular complexity index is 799. The smallest absolute Gasteiger partial charge is 0.438 e. The third-order valence-corrected chi connectivity index (χ3v) is 4.76. The van der Waals surface area contributed by atoms with Crippen LogP contribution in [0.2, 0.25) is 0 Å². The number of aryl methyl sites for hydroxylation is 2. The van der Waals surface area contributed by atoms with Crippen molar-refractivity contribution < 1.29 is 19.5 Å². The summed E-state index contributed by atoms with van der Waals surface area (Å²) in [7, 11) is 1.24. The van der Waals surface area contributed by atoms with Crippen molar-refractivity contribution in [3.05, 3.63) is 58.7 Å².